The molecule has 1 saturated heterocycles. The number of rotatable bonds is 4. The molecular weight excluding hydrogens is 232 g/mol. The van der Waals surface area contributed by atoms with Crippen LogP contribution in [0.4, 0.5) is 4.79 Å². The third-order valence-corrected chi connectivity index (χ3v) is 3.33. The number of amides is 4. The van der Waals surface area contributed by atoms with Crippen LogP contribution < -0.4 is 5.32 Å². The Kier molecular flexibility index (Phi) is 4.27. The van der Waals surface area contributed by atoms with Gasteiger partial charge in [0, 0.05) is 6.54 Å². The lowest BCUT2D eigenvalue weighted by Gasteiger charge is -2.37. The summed E-state index contributed by atoms with van der Waals surface area (Å²) in [4.78, 5) is 37.0. The molecule has 1 aliphatic rings. The number of urea groups is 1. The first-order valence-electron chi connectivity index (χ1n) is 6.19. The van der Waals surface area contributed by atoms with Crippen LogP contribution in [-0.2, 0) is 9.59 Å². The van der Waals surface area contributed by atoms with Crippen molar-refractivity contribution in [1.82, 2.24) is 10.2 Å². The molecule has 0 spiro atoms. The Morgan fingerprint density at radius 1 is 1.28 bits per heavy atom. The van der Waals surface area contributed by atoms with Gasteiger partial charge in [0.2, 0.25) is 11.8 Å². The summed E-state index contributed by atoms with van der Waals surface area (Å²) in [6.07, 6.45) is 2.58. The molecule has 5 heteroatoms. The van der Waals surface area contributed by atoms with Crippen molar-refractivity contribution in [3.8, 4) is 0 Å². The summed E-state index contributed by atoms with van der Waals surface area (Å²) >= 11 is 0. The number of carbonyl (C=O) groups is 3. The highest BCUT2D eigenvalue weighted by molar-refractivity contribution is 6.19. The highest BCUT2D eigenvalue weighted by Gasteiger charge is 2.51. The molecule has 1 aliphatic heterocycles. The first kappa shape index (κ1) is 14.4. The van der Waals surface area contributed by atoms with Gasteiger partial charge in [0.05, 0.1) is 0 Å². The van der Waals surface area contributed by atoms with E-state index in [-0.39, 0.29) is 6.54 Å². The van der Waals surface area contributed by atoms with Crippen LogP contribution in [0.25, 0.3) is 0 Å². The van der Waals surface area contributed by atoms with Gasteiger partial charge >= 0.3 is 6.03 Å². The van der Waals surface area contributed by atoms with Gasteiger partial charge in [0.15, 0.2) is 0 Å². The Bertz CT molecular complexity index is 410. The van der Waals surface area contributed by atoms with Gasteiger partial charge in [-0.05, 0) is 33.6 Å². The van der Waals surface area contributed by atoms with E-state index >= 15 is 0 Å². The summed E-state index contributed by atoms with van der Waals surface area (Å²) in [6, 6.07) is -0.617. The van der Waals surface area contributed by atoms with Crippen molar-refractivity contribution in [2.75, 3.05) is 6.54 Å². The Morgan fingerprint density at radius 2 is 1.89 bits per heavy atom. The van der Waals surface area contributed by atoms with E-state index in [1.807, 2.05) is 19.9 Å². The second kappa shape index (κ2) is 5.33. The molecule has 1 unspecified atom stereocenters. The predicted molar refractivity (Wildman–Crippen MR) is 67.7 cm³/mol. The van der Waals surface area contributed by atoms with Crippen LogP contribution in [-0.4, -0.2) is 29.3 Å². The lowest BCUT2D eigenvalue weighted by atomic mass is 9.77. The molecule has 0 bridgehead atoms. The monoisotopic (exact) mass is 252 g/mol. The Balaban J connectivity index is 3.15. The number of allylic oxidation sites excluding steroid dienone is 2. The van der Waals surface area contributed by atoms with Gasteiger partial charge in [-0.25, -0.2) is 4.79 Å². The minimum Gasteiger partial charge on any atom is -0.277 e. The first-order valence-corrected chi connectivity index (χ1v) is 6.19. The van der Waals surface area contributed by atoms with Crippen molar-refractivity contribution in [2.24, 2.45) is 5.41 Å². The molecule has 18 heavy (non-hydrogen) atoms. The van der Waals surface area contributed by atoms with Crippen molar-refractivity contribution < 1.29 is 14.4 Å². The number of nitrogens with zero attached hydrogens (tertiary/aromatic N) is 1. The molecule has 4 amide bonds. The van der Waals surface area contributed by atoms with E-state index in [0.717, 1.165) is 10.5 Å². The predicted octanol–water partition coefficient (Wildman–Crippen LogP) is 1.84. The second-order valence-corrected chi connectivity index (χ2v) is 4.73. The van der Waals surface area contributed by atoms with Gasteiger partial charge in [-0.15, -0.1) is 0 Å². The zero-order valence-corrected chi connectivity index (χ0v) is 11.4. The smallest absolute Gasteiger partial charge is 0.277 e. The van der Waals surface area contributed by atoms with Gasteiger partial charge in [-0.1, -0.05) is 18.6 Å². The van der Waals surface area contributed by atoms with Crippen LogP contribution in [0.5, 0.6) is 0 Å². The van der Waals surface area contributed by atoms with Crippen molar-refractivity contribution in [3.63, 3.8) is 0 Å². The molecule has 5 nitrogen and oxygen atoms in total. The maximum Gasteiger partial charge on any atom is 0.330 e. The lowest BCUT2D eigenvalue weighted by molar-refractivity contribution is -0.151. The number of barbiturate groups is 1. The van der Waals surface area contributed by atoms with Gasteiger partial charge in [0.25, 0.3) is 0 Å². The van der Waals surface area contributed by atoms with Crippen LogP contribution in [0.15, 0.2) is 11.6 Å². The van der Waals surface area contributed by atoms with Crippen LogP contribution in [0.2, 0.25) is 0 Å². The molecular formula is C13H20N2O3. The number of carbonyl (C=O) groups excluding carboxylic acids is 3. The van der Waals surface area contributed by atoms with E-state index in [0.29, 0.717) is 12.8 Å². The van der Waals surface area contributed by atoms with E-state index in [4.69, 9.17) is 0 Å². The molecule has 0 saturated carbocycles. The topological polar surface area (TPSA) is 66.5 Å². The van der Waals surface area contributed by atoms with Crippen molar-refractivity contribution in [2.45, 2.75) is 40.5 Å². The number of hydrogen-bond donors (Lipinski definition) is 1. The van der Waals surface area contributed by atoms with Gasteiger partial charge in [-0.3, -0.25) is 19.8 Å². The summed E-state index contributed by atoms with van der Waals surface area (Å²) in [7, 11) is 0. The Hall–Kier alpha value is -1.65. The number of nitrogens with one attached hydrogen (secondary N) is 1. The molecule has 1 heterocycles. The highest BCUT2D eigenvalue weighted by Crippen LogP contribution is 2.33. The first-order chi connectivity index (χ1) is 8.39. The second-order valence-electron chi connectivity index (χ2n) is 4.73. The van der Waals surface area contributed by atoms with E-state index in [1.54, 1.807) is 13.8 Å². The third-order valence-electron chi connectivity index (χ3n) is 3.33. The fourth-order valence-electron chi connectivity index (χ4n) is 2.03. The third kappa shape index (κ3) is 2.30. The normalized spacial score (nSPS) is 24.0. The quantitative estimate of drug-likeness (QED) is 0.613. The Labute approximate surface area is 107 Å². The summed E-state index contributed by atoms with van der Waals surface area (Å²) < 4.78 is 0. The molecule has 0 aromatic heterocycles. The summed E-state index contributed by atoms with van der Waals surface area (Å²) in [5.41, 5.74) is -0.0929. The summed E-state index contributed by atoms with van der Waals surface area (Å²) in [6.45, 7) is 7.61. The van der Waals surface area contributed by atoms with Crippen LogP contribution >= 0.6 is 0 Å². The highest BCUT2D eigenvalue weighted by atomic mass is 16.2. The SMILES string of the molecule is CCN1C(=O)NC(=O)C(CC)(CC=C(C)C)C1=O. The molecule has 1 N–H and O–H groups in total. The van der Waals surface area contributed by atoms with E-state index in [9.17, 15) is 14.4 Å². The van der Waals surface area contributed by atoms with Gasteiger partial charge in [0.1, 0.15) is 5.41 Å². The van der Waals surface area contributed by atoms with Crippen LogP contribution in [0, 0.1) is 5.41 Å². The largest absolute Gasteiger partial charge is 0.330 e. The minimum absolute atomic E-state index is 0.272. The maximum atomic E-state index is 12.4. The average Bonchev–Trinajstić information content (AvgIpc) is 2.29. The number of imide groups is 2. The zero-order valence-electron chi connectivity index (χ0n) is 11.4. The molecule has 0 aromatic rings. The molecule has 0 aliphatic carbocycles. The Morgan fingerprint density at radius 3 is 2.33 bits per heavy atom. The van der Waals surface area contributed by atoms with Crippen LogP contribution in [0.3, 0.4) is 0 Å². The molecule has 100 valence electrons. The van der Waals surface area contributed by atoms with Gasteiger partial charge < -0.3 is 0 Å². The minimum atomic E-state index is -1.14. The molecule has 0 radical (unpaired) electrons. The molecule has 1 fully saturated rings. The van der Waals surface area contributed by atoms with E-state index in [1.165, 1.54) is 0 Å². The number of hydrogen-bond acceptors (Lipinski definition) is 3. The molecule has 1 rings (SSSR count). The van der Waals surface area contributed by atoms with Crippen LogP contribution in [0.1, 0.15) is 40.5 Å². The molecule has 1 atom stereocenters. The van der Waals surface area contributed by atoms with Crippen molar-refractivity contribution in [1.29, 1.82) is 0 Å². The summed E-state index contributed by atoms with van der Waals surface area (Å²) in [5.74, 6) is -0.874. The average molecular weight is 252 g/mol. The molecule has 0 aromatic carbocycles. The van der Waals surface area contributed by atoms with Crippen molar-refractivity contribution >= 4 is 17.8 Å². The van der Waals surface area contributed by atoms with E-state index in [2.05, 4.69) is 5.32 Å². The fourth-order valence-corrected chi connectivity index (χ4v) is 2.03. The lowest BCUT2D eigenvalue weighted by Crippen LogP contribution is -2.63. The standard InChI is InChI=1S/C13H20N2O3/c1-5-13(8-7-9(3)4)10(16)14-12(18)15(6-2)11(13)17/h7H,5-6,8H2,1-4H3,(H,14,16,18). The van der Waals surface area contributed by atoms with E-state index < -0.39 is 23.3 Å². The fraction of sp³-hybridized carbons (Fsp3) is 0.615. The van der Waals surface area contributed by atoms with Gasteiger partial charge in [-0.2, -0.15) is 0 Å². The maximum absolute atomic E-state index is 12.4. The van der Waals surface area contributed by atoms with Crippen molar-refractivity contribution in [3.05, 3.63) is 11.6 Å². The summed E-state index contributed by atoms with van der Waals surface area (Å²) in [5, 5.41) is 2.27. The zero-order chi connectivity index (χ0) is 13.9.